The van der Waals surface area contributed by atoms with Crippen LogP contribution < -0.4 is 0 Å². The summed E-state index contributed by atoms with van der Waals surface area (Å²) in [5, 5.41) is 3.11. The van der Waals surface area contributed by atoms with Crippen LogP contribution in [0.3, 0.4) is 0 Å². The van der Waals surface area contributed by atoms with Gasteiger partial charge in [0.25, 0.3) is 0 Å². The maximum Gasteiger partial charge on any atom is 0.0449 e. The fourth-order valence-electron chi connectivity index (χ4n) is 1.48. The predicted octanol–water partition coefficient (Wildman–Crippen LogP) is 3.83. The van der Waals surface area contributed by atoms with Crippen molar-refractivity contribution in [3.05, 3.63) is 46.8 Å². The summed E-state index contributed by atoms with van der Waals surface area (Å²) in [6, 6.07) is 10.6. The standard InChI is InChI=1S/C12H11S/c1-9-5-6-11(10(2)8-9)12-4-3-7-13-12/h3-6,8H,1-2H3. The number of benzene rings is 1. The fourth-order valence-corrected chi connectivity index (χ4v) is 2.21. The van der Waals surface area contributed by atoms with Gasteiger partial charge >= 0.3 is 0 Å². The molecule has 1 radical (unpaired) electrons. The first-order chi connectivity index (χ1) is 6.27. The number of rotatable bonds is 1. The minimum absolute atomic E-state index is 1.30. The number of hydrogen-bond donors (Lipinski definition) is 0. The lowest BCUT2D eigenvalue weighted by molar-refractivity contribution is 1.39. The Balaban J connectivity index is 2.53. The van der Waals surface area contributed by atoms with Crippen molar-refractivity contribution in [3.63, 3.8) is 0 Å². The molecule has 0 nitrogen and oxygen atoms in total. The van der Waals surface area contributed by atoms with E-state index in [9.17, 15) is 0 Å². The first-order valence-electron chi connectivity index (χ1n) is 4.31. The fraction of sp³-hybridized carbons (Fsp3) is 0.167. The average Bonchev–Trinajstić information content (AvgIpc) is 2.56. The summed E-state index contributed by atoms with van der Waals surface area (Å²) >= 11 is 1.67. The van der Waals surface area contributed by atoms with E-state index in [1.54, 1.807) is 11.3 Å². The van der Waals surface area contributed by atoms with Gasteiger partial charge < -0.3 is 0 Å². The van der Waals surface area contributed by atoms with Gasteiger partial charge in [-0.25, -0.2) is 0 Å². The Bertz CT molecular complexity index is 399. The van der Waals surface area contributed by atoms with Crippen LogP contribution in [-0.4, -0.2) is 0 Å². The Labute approximate surface area is 82.9 Å². The number of aryl methyl sites for hydroxylation is 2. The summed E-state index contributed by atoms with van der Waals surface area (Å²) < 4.78 is 0. The van der Waals surface area contributed by atoms with E-state index in [1.807, 2.05) is 6.07 Å². The molecule has 2 aromatic rings. The van der Waals surface area contributed by atoms with Crippen molar-refractivity contribution in [1.29, 1.82) is 0 Å². The minimum Gasteiger partial charge on any atom is -0.134 e. The van der Waals surface area contributed by atoms with Gasteiger partial charge in [0.05, 0.1) is 0 Å². The smallest absolute Gasteiger partial charge is 0.0449 e. The zero-order chi connectivity index (χ0) is 9.26. The molecule has 65 valence electrons. The lowest BCUT2D eigenvalue weighted by Gasteiger charge is -2.03. The maximum atomic E-state index is 3.11. The third-order valence-electron chi connectivity index (χ3n) is 2.12. The van der Waals surface area contributed by atoms with E-state index in [0.29, 0.717) is 0 Å². The molecule has 2 rings (SSSR count). The van der Waals surface area contributed by atoms with E-state index in [4.69, 9.17) is 0 Å². The van der Waals surface area contributed by atoms with Crippen LogP contribution in [0.15, 0.2) is 30.3 Å². The van der Waals surface area contributed by atoms with Gasteiger partial charge in [-0.05, 0) is 37.1 Å². The zero-order valence-electron chi connectivity index (χ0n) is 7.79. The molecule has 0 N–H and O–H groups in total. The molecule has 0 aliphatic heterocycles. The Morgan fingerprint density at radius 1 is 1.15 bits per heavy atom. The summed E-state index contributed by atoms with van der Waals surface area (Å²) in [5.74, 6) is 0. The Morgan fingerprint density at radius 3 is 2.62 bits per heavy atom. The molecule has 1 aromatic heterocycles. The lowest BCUT2D eigenvalue weighted by atomic mass is 10.0. The molecular formula is C12H11S. The molecule has 0 fully saturated rings. The second kappa shape index (κ2) is 3.35. The zero-order valence-corrected chi connectivity index (χ0v) is 8.61. The Morgan fingerprint density at radius 2 is 2.00 bits per heavy atom. The van der Waals surface area contributed by atoms with E-state index in [0.717, 1.165) is 0 Å². The van der Waals surface area contributed by atoms with Crippen molar-refractivity contribution in [1.82, 2.24) is 0 Å². The van der Waals surface area contributed by atoms with Crippen LogP contribution in [0.25, 0.3) is 10.4 Å². The summed E-state index contributed by atoms with van der Waals surface area (Å²) in [6.07, 6.45) is 0. The quantitative estimate of drug-likeness (QED) is 0.636. The van der Waals surface area contributed by atoms with Crippen LogP contribution >= 0.6 is 11.3 Å². The van der Waals surface area contributed by atoms with Crippen LogP contribution in [0.5, 0.6) is 0 Å². The third-order valence-corrected chi connectivity index (χ3v) is 2.95. The average molecular weight is 187 g/mol. The van der Waals surface area contributed by atoms with Gasteiger partial charge in [0.2, 0.25) is 0 Å². The molecule has 1 aromatic carbocycles. The Kier molecular flexibility index (Phi) is 2.19. The first-order valence-corrected chi connectivity index (χ1v) is 5.12. The van der Waals surface area contributed by atoms with Crippen molar-refractivity contribution >= 4 is 11.3 Å². The van der Waals surface area contributed by atoms with Gasteiger partial charge in [-0.2, -0.15) is 0 Å². The van der Waals surface area contributed by atoms with Crippen LogP contribution in [-0.2, 0) is 0 Å². The maximum absolute atomic E-state index is 3.11. The lowest BCUT2D eigenvalue weighted by Crippen LogP contribution is -1.81. The minimum atomic E-state index is 1.30. The highest BCUT2D eigenvalue weighted by molar-refractivity contribution is 7.13. The van der Waals surface area contributed by atoms with E-state index in [2.05, 4.69) is 43.5 Å². The largest absolute Gasteiger partial charge is 0.134 e. The van der Waals surface area contributed by atoms with E-state index < -0.39 is 0 Å². The highest BCUT2D eigenvalue weighted by Crippen LogP contribution is 2.27. The van der Waals surface area contributed by atoms with Gasteiger partial charge in [-0.15, -0.1) is 11.3 Å². The summed E-state index contributed by atoms with van der Waals surface area (Å²) in [4.78, 5) is 1.30. The monoisotopic (exact) mass is 187 g/mol. The van der Waals surface area contributed by atoms with E-state index in [-0.39, 0.29) is 0 Å². The molecule has 0 spiro atoms. The van der Waals surface area contributed by atoms with Gasteiger partial charge in [0.15, 0.2) is 0 Å². The summed E-state index contributed by atoms with van der Waals surface area (Å²) in [5.41, 5.74) is 3.99. The van der Waals surface area contributed by atoms with Gasteiger partial charge in [0, 0.05) is 10.3 Å². The molecule has 0 unspecified atom stereocenters. The number of thiophene rings is 1. The Hall–Kier alpha value is -1.08. The molecule has 0 saturated carbocycles. The molecule has 0 saturated heterocycles. The van der Waals surface area contributed by atoms with Crippen LogP contribution in [0.1, 0.15) is 11.1 Å². The molecule has 0 atom stereocenters. The second-order valence-corrected chi connectivity index (χ2v) is 4.12. The van der Waals surface area contributed by atoms with Crippen LogP contribution in [0.4, 0.5) is 0 Å². The molecule has 0 aliphatic rings. The van der Waals surface area contributed by atoms with Gasteiger partial charge in [-0.3, -0.25) is 0 Å². The number of hydrogen-bond acceptors (Lipinski definition) is 1. The molecule has 1 heteroatoms. The summed E-state index contributed by atoms with van der Waals surface area (Å²) in [7, 11) is 0. The van der Waals surface area contributed by atoms with Crippen molar-refractivity contribution in [2.75, 3.05) is 0 Å². The molecule has 13 heavy (non-hydrogen) atoms. The highest BCUT2D eigenvalue weighted by atomic mass is 32.1. The van der Waals surface area contributed by atoms with Crippen molar-refractivity contribution in [2.45, 2.75) is 13.8 Å². The topological polar surface area (TPSA) is 0 Å². The molecular weight excluding hydrogens is 176 g/mol. The first kappa shape index (κ1) is 8.52. The third kappa shape index (κ3) is 1.65. The molecule has 0 amide bonds. The van der Waals surface area contributed by atoms with E-state index >= 15 is 0 Å². The molecule has 0 bridgehead atoms. The normalized spacial score (nSPS) is 10.3. The van der Waals surface area contributed by atoms with Crippen molar-refractivity contribution < 1.29 is 0 Å². The molecule has 1 heterocycles. The summed E-state index contributed by atoms with van der Waals surface area (Å²) in [6.45, 7) is 4.28. The second-order valence-electron chi connectivity index (χ2n) is 3.24. The van der Waals surface area contributed by atoms with Gasteiger partial charge in [0.1, 0.15) is 0 Å². The molecule has 0 aliphatic carbocycles. The predicted molar refractivity (Wildman–Crippen MR) is 58.1 cm³/mol. The van der Waals surface area contributed by atoms with Crippen LogP contribution in [0.2, 0.25) is 0 Å². The highest BCUT2D eigenvalue weighted by Gasteiger charge is 2.01. The SMILES string of the molecule is Cc1ccc(-c2cc[c]s2)c(C)c1. The van der Waals surface area contributed by atoms with Crippen molar-refractivity contribution in [2.24, 2.45) is 0 Å². The van der Waals surface area contributed by atoms with Crippen LogP contribution in [0, 0.1) is 19.2 Å². The van der Waals surface area contributed by atoms with Gasteiger partial charge in [-0.1, -0.05) is 23.8 Å². The van der Waals surface area contributed by atoms with E-state index in [1.165, 1.54) is 21.6 Å². The van der Waals surface area contributed by atoms with Crippen molar-refractivity contribution in [3.8, 4) is 10.4 Å².